The summed E-state index contributed by atoms with van der Waals surface area (Å²) in [7, 11) is 0. The monoisotopic (exact) mass is 272 g/mol. The Kier molecular flexibility index (Phi) is 5.98. The Morgan fingerprint density at radius 3 is 2.90 bits per heavy atom. The van der Waals surface area contributed by atoms with Gasteiger partial charge in [-0.05, 0) is 31.5 Å². The van der Waals surface area contributed by atoms with Crippen LogP contribution in [0.4, 0.5) is 5.69 Å². The number of hydrogen-bond acceptors (Lipinski definition) is 4. The average Bonchev–Trinajstić information content (AvgIpc) is 2.45. The second-order valence-corrected chi connectivity index (χ2v) is 4.07. The minimum atomic E-state index is -0.908. The molecule has 0 saturated carbocycles. The summed E-state index contributed by atoms with van der Waals surface area (Å²) < 4.78 is 4.94. The fraction of sp³-hybridized carbons (Fsp3) is 0.267. The van der Waals surface area contributed by atoms with Gasteiger partial charge in [0.2, 0.25) is 0 Å². The Labute approximate surface area is 117 Å². The van der Waals surface area contributed by atoms with E-state index in [0.717, 1.165) is 6.42 Å². The van der Waals surface area contributed by atoms with Crippen LogP contribution in [0, 0.1) is 11.3 Å². The van der Waals surface area contributed by atoms with Crippen molar-refractivity contribution in [3.05, 3.63) is 42.0 Å². The zero-order valence-corrected chi connectivity index (χ0v) is 11.4. The molecular weight excluding hydrogens is 256 g/mol. The molecule has 0 aliphatic heterocycles. The van der Waals surface area contributed by atoms with Crippen molar-refractivity contribution in [2.45, 2.75) is 26.4 Å². The number of nitriles is 1. The molecule has 0 aliphatic carbocycles. The van der Waals surface area contributed by atoms with Crippen LogP contribution in [0.25, 0.3) is 0 Å². The number of hydrogen-bond donors (Lipinski definition) is 1. The predicted octanol–water partition coefficient (Wildman–Crippen LogP) is 2.39. The maximum atomic E-state index is 11.8. The number of ether oxygens (including phenoxy) is 1. The number of amides is 1. The second-order valence-electron chi connectivity index (χ2n) is 4.07. The Balaban J connectivity index is 2.59. The summed E-state index contributed by atoms with van der Waals surface area (Å²) in [5.41, 5.74) is 0.930. The van der Waals surface area contributed by atoms with Crippen LogP contribution in [0.2, 0.25) is 0 Å². The molecule has 1 amide bonds. The molecule has 0 heterocycles. The van der Waals surface area contributed by atoms with Crippen molar-refractivity contribution in [1.29, 1.82) is 5.26 Å². The zero-order chi connectivity index (χ0) is 15.0. The van der Waals surface area contributed by atoms with Crippen molar-refractivity contribution in [2.75, 3.05) is 5.32 Å². The van der Waals surface area contributed by atoms with E-state index in [2.05, 4.69) is 5.32 Å². The van der Waals surface area contributed by atoms with Crippen molar-refractivity contribution in [3.8, 4) is 6.07 Å². The average molecular weight is 272 g/mol. The summed E-state index contributed by atoms with van der Waals surface area (Å²) in [6.45, 7) is 3.38. The van der Waals surface area contributed by atoms with Gasteiger partial charge in [0, 0.05) is 11.8 Å². The standard InChI is InChI=1S/C15H16N2O3/c1-3-4-8-14(18)20-11(2)15(19)17-13-7-5-6-12(9-13)10-16/h4-9,11H,3H2,1-2H3,(H,17,19)/b8-4+/t11-/m1/s1. The molecule has 1 rings (SSSR count). The highest BCUT2D eigenvalue weighted by Crippen LogP contribution is 2.10. The molecule has 0 bridgehead atoms. The summed E-state index contributed by atoms with van der Waals surface area (Å²) in [6.07, 6.45) is 2.76. The smallest absolute Gasteiger partial charge is 0.331 e. The first-order chi connectivity index (χ1) is 9.56. The normalized spacial score (nSPS) is 11.7. The summed E-state index contributed by atoms with van der Waals surface area (Å²) in [5, 5.41) is 11.4. The SMILES string of the molecule is CC/C=C/C(=O)O[C@H](C)C(=O)Nc1cccc(C#N)c1. The maximum absolute atomic E-state index is 11.8. The molecule has 0 spiro atoms. The molecule has 5 heteroatoms. The van der Waals surface area contributed by atoms with Crippen LogP contribution in [0.1, 0.15) is 25.8 Å². The van der Waals surface area contributed by atoms with Crippen LogP contribution in [-0.2, 0) is 14.3 Å². The van der Waals surface area contributed by atoms with E-state index in [1.807, 2.05) is 13.0 Å². The Morgan fingerprint density at radius 1 is 1.50 bits per heavy atom. The number of benzene rings is 1. The van der Waals surface area contributed by atoms with Gasteiger partial charge < -0.3 is 10.1 Å². The van der Waals surface area contributed by atoms with E-state index in [4.69, 9.17) is 10.00 Å². The number of carbonyl (C=O) groups is 2. The fourth-order valence-corrected chi connectivity index (χ4v) is 1.39. The van der Waals surface area contributed by atoms with Gasteiger partial charge in [0.05, 0.1) is 11.6 Å². The topological polar surface area (TPSA) is 79.2 Å². The highest BCUT2D eigenvalue weighted by molar-refractivity contribution is 5.96. The van der Waals surface area contributed by atoms with Crippen LogP contribution in [0.5, 0.6) is 0 Å². The third-order valence-electron chi connectivity index (χ3n) is 2.41. The fourth-order valence-electron chi connectivity index (χ4n) is 1.39. The predicted molar refractivity (Wildman–Crippen MR) is 74.8 cm³/mol. The molecule has 0 unspecified atom stereocenters. The lowest BCUT2D eigenvalue weighted by molar-refractivity contribution is -0.148. The quantitative estimate of drug-likeness (QED) is 0.659. The van der Waals surface area contributed by atoms with E-state index >= 15 is 0 Å². The van der Waals surface area contributed by atoms with Gasteiger partial charge in [0.25, 0.3) is 5.91 Å². The lowest BCUT2D eigenvalue weighted by atomic mass is 10.2. The molecule has 1 aromatic carbocycles. The summed E-state index contributed by atoms with van der Waals surface area (Å²) in [4.78, 5) is 23.2. The molecule has 5 nitrogen and oxygen atoms in total. The minimum absolute atomic E-state index is 0.443. The van der Waals surface area contributed by atoms with E-state index in [-0.39, 0.29) is 0 Å². The molecule has 0 aromatic heterocycles. The van der Waals surface area contributed by atoms with Gasteiger partial charge in [-0.15, -0.1) is 0 Å². The second kappa shape index (κ2) is 7.74. The highest BCUT2D eigenvalue weighted by Gasteiger charge is 2.16. The van der Waals surface area contributed by atoms with E-state index in [1.165, 1.54) is 13.0 Å². The van der Waals surface area contributed by atoms with Gasteiger partial charge in [-0.3, -0.25) is 4.79 Å². The molecule has 0 aliphatic rings. The highest BCUT2D eigenvalue weighted by atomic mass is 16.5. The third kappa shape index (κ3) is 4.94. The number of allylic oxidation sites excluding steroid dienone is 1. The van der Waals surface area contributed by atoms with Crippen LogP contribution in [0.3, 0.4) is 0 Å². The molecule has 0 saturated heterocycles. The van der Waals surface area contributed by atoms with E-state index < -0.39 is 18.0 Å². The van der Waals surface area contributed by atoms with E-state index in [0.29, 0.717) is 11.3 Å². The number of carbonyl (C=O) groups excluding carboxylic acids is 2. The minimum Gasteiger partial charge on any atom is -0.449 e. The largest absolute Gasteiger partial charge is 0.449 e. The van der Waals surface area contributed by atoms with Crippen LogP contribution >= 0.6 is 0 Å². The van der Waals surface area contributed by atoms with Gasteiger partial charge in [0.15, 0.2) is 6.10 Å². The van der Waals surface area contributed by atoms with Gasteiger partial charge in [0.1, 0.15) is 0 Å². The Morgan fingerprint density at radius 2 is 2.25 bits per heavy atom. The number of rotatable bonds is 5. The molecular formula is C15H16N2O3. The molecule has 104 valence electrons. The first-order valence-electron chi connectivity index (χ1n) is 6.25. The molecule has 1 N–H and O–H groups in total. The van der Waals surface area contributed by atoms with Crippen molar-refractivity contribution in [2.24, 2.45) is 0 Å². The number of anilines is 1. The molecule has 1 aromatic rings. The molecule has 0 radical (unpaired) electrons. The van der Waals surface area contributed by atoms with Crippen molar-refractivity contribution in [1.82, 2.24) is 0 Å². The van der Waals surface area contributed by atoms with Crippen molar-refractivity contribution >= 4 is 17.6 Å². The van der Waals surface area contributed by atoms with Crippen LogP contribution in [-0.4, -0.2) is 18.0 Å². The molecule has 1 atom stereocenters. The third-order valence-corrected chi connectivity index (χ3v) is 2.41. The number of nitrogens with zero attached hydrogens (tertiary/aromatic N) is 1. The first kappa shape index (κ1) is 15.4. The van der Waals surface area contributed by atoms with Gasteiger partial charge in [-0.2, -0.15) is 5.26 Å². The van der Waals surface area contributed by atoms with Crippen LogP contribution in [0.15, 0.2) is 36.4 Å². The summed E-state index contributed by atoms with van der Waals surface area (Å²) >= 11 is 0. The zero-order valence-electron chi connectivity index (χ0n) is 11.4. The lowest BCUT2D eigenvalue weighted by Gasteiger charge is -2.12. The lowest BCUT2D eigenvalue weighted by Crippen LogP contribution is -2.29. The van der Waals surface area contributed by atoms with Gasteiger partial charge in [-0.25, -0.2) is 4.79 Å². The molecule has 20 heavy (non-hydrogen) atoms. The van der Waals surface area contributed by atoms with Crippen LogP contribution < -0.4 is 5.32 Å². The van der Waals surface area contributed by atoms with Gasteiger partial charge >= 0.3 is 5.97 Å². The van der Waals surface area contributed by atoms with Gasteiger partial charge in [-0.1, -0.05) is 19.1 Å². The summed E-state index contributed by atoms with van der Waals surface area (Å²) in [5.74, 6) is -1.00. The number of esters is 1. The first-order valence-corrected chi connectivity index (χ1v) is 6.25. The van der Waals surface area contributed by atoms with Crippen molar-refractivity contribution < 1.29 is 14.3 Å². The number of nitrogens with one attached hydrogen (secondary N) is 1. The van der Waals surface area contributed by atoms with Crippen molar-refractivity contribution in [3.63, 3.8) is 0 Å². The molecule has 0 fully saturated rings. The van der Waals surface area contributed by atoms with E-state index in [9.17, 15) is 9.59 Å². The Hall–Kier alpha value is -2.61. The van der Waals surface area contributed by atoms with E-state index in [1.54, 1.807) is 30.3 Å². The maximum Gasteiger partial charge on any atom is 0.331 e. The Bertz CT molecular complexity index is 558. The summed E-state index contributed by atoms with van der Waals surface area (Å²) in [6, 6.07) is 8.48.